The Bertz CT molecular complexity index is 2740. The summed E-state index contributed by atoms with van der Waals surface area (Å²) in [4.78, 5) is 20.6. The summed E-state index contributed by atoms with van der Waals surface area (Å²) in [5.74, 6) is 1.81. The van der Waals surface area contributed by atoms with Gasteiger partial charge in [0.05, 0.1) is 33.0 Å². The summed E-state index contributed by atoms with van der Waals surface area (Å²) >= 11 is 0. The molecular weight excluding hydrogens is 564 g/mol. The predicted molar refractivity (Wildman–Crippen MR) is 186 cm³/mol. The van der Waals surface area contributed by atoms with Crippen molar-refractivity contribution in [1.82, 2.24) is 28.9 Å². The first kappa shape index (κ1) is 25.0. The minimum absolute atomic E-state index is 0.564. The Kier molecular flexibility index (Phi) is 5.19. The predicted octanol–water partition coefficient (Wildman–Crippen LogP) is 9.41. The van der Waals surface area contributed by atoms with Crippen molar-refractivity contribution in [3.8, 4) is 28.7 Å². The van der Waals surface area contributed by atoms with E-state index in [0.717, 1.165) is 71.3 Å². The van der Waals surface area contributed by atoms with Gasteiger partial charge in [-0.15, -0.1) is 0 Å². The van der Waals surface area contributed by atoms with E-state index in [4.69, 9.17) is 19.9 Å². The van der Waals surface area contributed by atoms with Crippen molar-refractivity contribution in [2.75, 3.05) is 0 Å². The van der Waals surface area contributed by atoms with Gasteiger partial charge in [0.2, 0.25) is 5.95 Å². The number of rotatable bonds is 3. The van der Waals surface area contributed by atoms with Crippen molar-refractivity contribution in [2.45, 2.75) is 0 Å². The van der Waals surface area contributed by atoms with Crippen LogP contribution in [0.3, 0.4) is 0 Å². The number of hydrogen-bond acceptors (Lipinski definition) is 4. The highest BCUT2D eigenvalue weighted by Crippen LogP contribution is 2.41. The summed E-state index contributed by atoms with van der Waals surface area (Å²) in [7, 11) is 0. The zero-order valence-electron chi connectivity index (χ0n) is 24.5. The molecule has 4 aromatic heterocycles. The van der Waals surface area contributed by atoms with Crippen molar-refractivity contribution in [1.29, 1.82) is 0 Å². The van der Waals surface area contributed by atoms with Gasteiger partial charge >= 0.3 is 0 Å². The molecule has 0 spiro atoms. The van der Waals surface area contributed by atoms with E-state index in [-0.39, 0.29) is 0 Å². The molecule has 0 aliphatic carbocycles. The molecule has 46 heavy (non-hydrogen) atoms. The Morgan fingerprint density at radius 3 is 1.63 bits per heavy atom. The van der Waals surface area contributed by atoms with E-state index in [1.807, 2.05) is 66.7 Å². The maximum atomic E-state index is 5.28. The van der Waals surface area contributed by atoms with Crippen LogP contribution in [0.25, 0.3) is 88.9 Å². The lowest BCUT2D eigenvalue weighted by Gasteiger charge is -2.14. The first-order chi connectivity index (χ1) is 22.8. The zero-order valence-corrected chi connectivity index (χ0v) is 24.5. The molecule has 6 nitrogen and oxygen atoms in total. The molecule has 0 radical (unpaired) electrons. The summed E-state index contributed by atoms with van der Waals surface area (Å²) in [5.41, 5.74) is 7.98. The second-order valence-electron chi connectivity index (χ2n) is 11.5. The van der Waals surface area contributed by atoms with E-state index in [2.05, 4.69) is 87.8 Å². The van der Waals surface area contributed by atoms with Crippen LogP contribution in [0.4, 0.5) is 0 Å². The molecule has 4 heterocycles. The van der Waals surface area contributed by atoms with E-state index < -0.39 is 0 Å². The molecule has 0 unspecified atom stereocenters. The minimum Gasteiger partial charge on any atom is -0.292 e. The van der Waals surface area contributed by atoms with Gasteiger partial charge in [-0.25, -0.2) is 9.97 Å². The highest BCUT2D eigenvalue weighted by atomic mass is 15.2. The Labute approximate surface area is 262 Å². The number of aromatic nitrogens is 6. The molecular formula is C40H24N6. The topological polar surface area (TPSA) is 60.9 Å². The average molecular weight is 589 g/mol. The molecule has 214 valence electrons. The number of para-hydroxylation sites is 4. The van der Waals surface area contributed by atoms with Gasteiger partial charge in [-0.3, -0.25) is 8.97 Å². The first-order valence-corrected chi connectivity index (χ1v) is 15.3. The molecule has 6 heteroatoms. The first-order valence-electron chi connectivity index (χ1n) is 15.3. The number of nitrogens with zero attached hydrogens (tertiary/aromatic N) is 6. The minimum atomic E-state index is 0.564. The number of pyridine rings is 1. The van der Waals surface area contributed by atoms with Crippen LogP contribution in [0.1, 0.15) is 0 Å². The molecule has 0 aliphatic rings. The van der Waals surface area contributed by atoms with Crippen molar-refractivity contribution < 1.29 is 0 Å². The van der Waals surface area contributed by atoms with Gasteiger partial charge in [-0.1, -0.05) is 121 Å². The van der Waals surface area contributed by atoms with Crippen molar-refractivity contribution in [2.24, 2.45) is 0 Å². The highest BCUT2D eigenvalue weighted by Gasteiger charge is 2.23. The normalized spacial score (nSPS) is 11.9. The molecule has 0 fully saturated rings. The van der Waals surface area contributed by atoms with Crippen molar-refractivity contribution >= 4 is 60.2 Å². The third kappa shape index (κ3) is 3.52. The summed E-state index contributed by atoms with van der Waals surface area (Å²) in [6.45, 7) is 0. The van der Waals surface area contributed by atoms with Gasteiger partial charge in [0.1, 0.15) is 5.65 Å². The zero-order chi connectivity index (χ0) is 30.2. The van der Waals surface area contributed by atoms with Crippen LogP contribution in [0.2, 0.25) is 0 Å². The van der Waals surface area contributed by atoms with Gasteiger partial charge in [0, 0.05) is 27.3 Å². The molecule has 0 aliphatic heterocycles. The summed E-state index contributed by atoms with van der Waals surface area (Å²) < 4.78 is 4.51. The lowest BCUT2D eigenvalue weighted by molar-refractivity contribution is 0.955. The molecule has 0 saturated heterocycles. The Morgan fingerprint density at radius 1 is 0.391 bits per heavy atom. The fourth-order valence-corrected chi connectivity index (χ4v) is 6.95. The Morgan fingerprint density at radius 2 is 0.935 bits per heavy atom. The standard InChI is InChI=1S/C40H24N6/c1-3-13-25(14-4-1)37-42-38(26-15-5-2-6-16-26)44-40(43-37)46-33-21-11-8-18-28(33)30-24-23-29-27-17-7-10-20-32(27)45-34-22-12-9-19-31(34)41-39(45)35(29)36(30)46/h1-24H. The molecule has 0 amide bonds. The monoisotopic (exact) mass is 588 g/mol. The quantitative estimate of drug-likeness (QED) is 0.193. The SMILES string of the molecule is c1ccc(-c2nc(-c3ccccc3)nc(-n3c4ccccc4c4ccc5c6ccccc6n6c7ccccc7nc6c5c43)n2)cc1. The average Bonchev–Trinajstić information content (AvgIpc) is 3.69. The fourth-order valence-electron chi connectivity index (χ4n) is 6.95. The van der Waals surface area contributed by atoms with Crippen molar-refractivity contribution in [3.05, 3.63) is 146 Å². The van der Waals surface area contributed by atoms with Gasteiger partial charge in [0.25, 0.3) is 0 Å². The van der Waals surface area contributed by atoms with Gasteiger partial charge in [-0.2, -0.15) is 9.97 Å². The number of imidazole rings is 1. The molecule has 0 N–H and O–H groups in total. The van der Waals surface area contributed by atoms with Crippen LogP contribution in [-0.2, 0) is 0 Å². The van der Waals surface area contributed by atoms with Crippen LogP contribution in [0.15, 0.2) is 146 Å². The molecule has 10 aromatic rings. The van der Waals surface area contributed by atoms with Crippen LogP contribution < -0.4 is 0 Å². The maximum absolute atomic E-state index is 5.28. The van der Waals surface area contributed by atoms with Crippen LogP contribution >= 0.6 is 0 Å². The number of benzene rings is 6. The van der Waals surface area contributed by atoms with E-state index in [1.54, 1.807) is 0 Å². The summed E-state index contributed by atoms with van der Waals surface area (Å²) in [5, 5.41) is 5.61. The lowest BCUT2D eigenvalue weighted by Crippen LogP contribution is -2.07. The third-order valence-electron chi connectivity index (χ3n) is 8.94. The van der Waals surface area contributed by atoms with Gasteiger partial charge in [0.15, 0.2) is 11.6 Å². The van der Waals surface area contributed by atoms with Crippen LogP contribution in [-0.4, -0.2) is 28.9 Å². The van der Waals surface area contributed by atoms with E-state index >= 15 is 0 Å². The Hall–Kier alpha value is -6.40. The number of fused-ring (bicyclic) bond motifs is 12. The largest absolute Gasteiger partial charge is 0.292 e. The number of hydrogen-bond donors (Lipinski definition) is 0. The van der Waals surface area contributed by atoms with E-state index in [9.17, 15) is 0 Å². The summed E-state index contributed by atoms with van der Waals surface area (Å²) in [6.07, 6.45) is 0. The van der Waals surface area contributed by atoms with E-state index in [0.29, 0.717) is 17.6 Å². The van der Waals surface area contributed by atoms with Crippen LogP contribution in [0, 0.1) is 0 Å². The molecule has 0 saturated carbocycles. The molecule has 10 rings (SSSR count). The van der Waals surface area contributed by atoms with Gasteiger partial charge < -0.3 is 0 Å². The lowest BCUT2D eigenvalue weighted by atomic mass is 10.0. The fraction of sp³-hybridized carbons (Fsp3) is 0. The van der Waals surface area contributed by atoms with Crippen molar-refractivity contribution in [3.63, 3.8) is 0 Å². The molecule has 6 aromatic carbocycles. The highest BCUT2D eigenvalue weighted by molar-refractivity contribution is 6.27. The van der Waals surface area contributed by atoms with Crippen LogP contribution in [0.5, 0.6) is 0 Å². The molecule has 0 bridgehead atoms. The second-order valence-corrected chi connectivity index (χ2v) is 11.5. The smallest absolute Gasteiger partial charge is 0.238 e. The Balaban J connectivity index is 1.43. The van der Waals surface area contributed by atoms with E-state index in [1.165, 1.54) is 0 Å². The summed E-state index contributed by atoms with van der Waals surface area (Å²) in [6, 6.07) is 50.2. The molecule has 0 atom stereocenters. The van der Waals surface area contributed by atoms with Gasteiger partial charge in [-0.05, 0) is 29.7 Å². The third-order valence-corrected chi connectivity index (χ3v) is 8.94. The second kappa shape index (κ2) is 9.55. The maximum Gasteiger partial charge on any atom is 0.238 e.